The molecule has 0 fully saturated rings. The van der Waals surface area contributed by atoms with Crippen molar-refractivity contribution in [3.63, 3.8) is 0 Å². The number of benzene rings is 1. The number of aromatic amines is 1. The number of hydrogen-bond donors (Lipinski definition) is 2. The summed E-state index contributed by atoms with van der Waals surface area (Å²) < 4.78 is 0. The minimum Gasteiger partial charge on any atom is -0.507 e. The standard InChI is InChI=1S/C13H16N2O2/c1-8-6-9(7-15(2)3)13(17)10-4-5-11(16)14-12(8)10/h4-6,17H,7H2,1-3H3,(H,14,16). The highest BCUT2D eigenvalue weighted by atomic mass is 16.3. The topological polar surface area (TPSA) is 56.3 Å². The Morgan fingerprint density at radius 3 is 2.71 bits per heavy atom. The molecule has 0 amide bonds. The lowest BCUT2D eigenvalue weighted by Crippen LogP contribution is -2.11. The van der Waals surface area contributed by atoms with E-state index < -0.39 is 0 Å². The summed E-state index contributed by atoms with van der Waals surface area (Å²) in [6.07, 6.45) is 0. The van der Waals surface area contributed by atoms with Gasteiger partial charge in [-0.2, -0.15) is 0 Å². The van der Waals surface area contributed by atoms with Crippen molar-refractivity contribution in [3.05, 3.63) is 39.7 Å². The smallest absolute Gasteiger partial charge is 0.248 e. The number of nitrogens with zero attached hydrogens (tertiary/aromatic N) is 1. The number of nitrogens with one attached hydrogen (secondary N) is 1. The molecule has 0 spiro atoms. The SMILES string of the molecule is Cc1cc(CN(C)C)c(O)c2ccc(=O)[nH]c12. The average Bonchev–Trinajstić information content (AvgIpc) is 2.25. The molecule has 4 nitrogen and oxygen atoms in total. The van der Waals surface area contributed by atoms with Crippen molar-refractivity contribution in [2.75, 3.05) is 14.1 Å². The fourth-order valence-electron chi connectivity index (χ4n) is 2.02. The fourth-order valence-corrected chi connectivity index (χ4v) is 2.02. The van der Waals surface area contributed by atoms with Gasteiger partial charge in [0.15, 0.2) is 0 Å². The Bertz CT molecular complexity index is 615. The molecule has 0 aliphatic heterocycles. The maximum atomic E-state index is 11.3. The van der Waals surface area contributed by atoms with Crippen LogP contribution < -0.4 is 5.56 Å². The van der Waals surface area contributed by atoms with E-state index >= 15 is 0 Å². The van der Waals surface area contributed by atoms with Gasteiger partial charge in [-0.15, -0.1) is 0 Å². The van der Waals surface area contributed by atoms with Crippen LogP contribution in [0.5, 0.6) is 5.75 Å². The van der Waals surface area contributed by atoms with Crippen LogP contribution in [0.15, 0.2) is 23.0 Å². The van der Waals surface area contributed by atoms with E-state index in [1.54, 1.807) is 6.07 Å². The zero-order valence-corrected chi connectivity index (χ0v) is 10.2. The minimum absolute atomic E-state index is 0.152. The Morgan fingerprint density at radius 2 is 2.06 bits per heavy atom. The minimum atomic E-state index is -0.152. The van der Waals surface area contributed by atoms with Gasteiger partial charge in [0, 0.05) is 23.6 Å². The highest BCUT2D eigenvalue weighted by Crippen LogP contribution is 2.29. The van der Waals surface area contributed by atoms with Crippen LogP contribution in [0.3, 0.4) is 0 Å². The number of rotatable bonds is 2. The van der Waals surface area contributed by atoms with Crippen molar-refractivity contribution in [1.82, 2.24) is 9.88 Å². The second-order valence-corrected chi connectivity index (χ2v) is 4.55. The number of aromatic nitrogens is 1. The molecule has 0 radical (unpaired) electrons. The van der Waals surface area contributed by atoms with Crippen molar-refractivity contribution in [1.29, 1.82) is 0 Å². The van der Waals surface area contributed by atoms with Crippen LogP contribution in [-0.2, 0) is 6.54 Å². The Balaban J connectivity index is 2.72. The summed E-state index contributed by atoms with van der Waals surface area (Å²) in [4.78, 5) is 16.0. The first-order valence-corrected chi connectivity index (χ1v) is 5.48. The Hall–Kier alpha value is -1.81. The summed E-state index contributed by atoms with van der Waals surface area (Å²) >= 11 is 0. The van der Waals surface area contributed by atoms with E-state index in [-0.39, 0.29) is 11.3 Å². The third kappa shape index (κ3) is 2.17. The molecule has 0 bridgehead atoms. The molecule has 2 N–H and O–H groups in total. The molecule has 4 heteroatoms. The summed E-state index contributed by atoms with van der Waals surface area (Å²) in [5.74, 6) is 0.246. The zero-order valence-electron chi connectivity index (χ0n) is 10.2. The molecule has 17 heavy (non-hydrogen) atoms. The molecule has 0 unspecified atom stereocenters. The van der Waals surface area contributed by atoms with Crippen LogP contribution in [0.1, 0.15) is 11.1 Å². The number of fused-ring (bicyclic) bond motifs is 1. The molecule has 0 atom stereocenters. The molecule has 0 saturated carbocycles. The Kier molecular flexibility index (Phi) is 2.90. The Labute approximate surface area is 99.5 Å². The molecule has 1 aromatic carbocycles. The highest BCUT2D eigenvalue weighted by Gasteiger charge is 2.10. The van der Waals surface area contributed by atoms with Gasteiger partial charge in [0.1, 0.15) is 5.75 Å². The molecule has 90 valence electrons. The van der Waals surface area contributed by atoms with Crippen molar-refractivity contribution in [2.24, 2.45) is 0 Å². The average molecular weight is 232 g/mol. The summed E-state index contributed by atoms with van der Waals surface area (Å²) in [6.45, 7) is 2.60. The van der Waals surface area contributed by atoms with Gasteiger partial charge >= 0.3 is 0 Å². The van der Waals surface area contributed by atoms with Crippen LogP contribution in [0, 0.1) is 6.92 Å². The number of aryl methyl sites for hydroxylation is 1. The molecular weight excluding hydrogens is 216 g/mol. The van der Waals surface area contributed by atoms with Crippen LogP contribution in [0.2, 0.25) is 0 Å². The quantitative estimate of drug-likeness (QED) is 0.827. The lowest BCUT2D eigenvalue weighted by Gasteiger charge is -2.14. The maximum Gasteiger partial charge on any atom is 0.248 e. The van der Waals surface area contributed by atoms with Gasteiger partial charge in [-0.3, -0.25) is 4.79 Å². The number of hydrogen-bond acceptors (Lipinski definition) is 3. The molecule has 1 aromatic heterocycles. The predicted octanol–water partition coefficient (Wildman–Crippen LogP) is 1.60. The van der Waals surface area contributed by atoms with E-state index in [4.69, 9.17) is 0 Å². The summed E-state index contributed by atoms with van der Waals surface area (Å²) in [5, 5.41) is 10.9. The first kappa shape index (κ1) is 11.7. The van der Waals surface area contributed by atoms with E-state index in [2.05, 4.69) is 4.98 Å². The monoisotopic (exact) mass is 232 g/mol. The van der Waals surface area contributed by atoms with E-state index in [1.807, 2.05) is 32.0 Å². The van der Waals surface area contributed by atoms with E-state index in [0.29, 0.717) is 17.4 Å². The van der Waals surface area contributed by atoms with E-state index in [0.717, 1.165) is 11.1 Å². The molecular formula is C13H16N2O2. The van der Waals surface area contributed by atoms with E-state index in [1.165, 1.54) is 6.07 Å². The van der Waals surface area contributed by atoms with Crippen LogP contribution in [0.25, 0.3) is 10.9 Å². The molecule has 2 aromatic rings. The molecule has 0 aliphatic carbocycles. The predicted molar refractivity (Wildman–Crippen MR) is 68.4 cm³/mol. The highest BCUT2D eigenvalue weighted by molar-refractivity contribution is 5.88. The Morgan fingerprint density at radius 1 is 1.35 bits per heavy atom. The van der Waals surface area contributed by atoms with Crippen molar-refractivity contribution in [2.45, 2.75) is 13.5 Å². The summed E-state index contributed by atoms with van der Waals surface area (Å²) in [6, 6.07) is 5.00. The van der Waals surface area contributed by atoms with Gasteiger partial charge in [-0.05, 0) is 38.7 Å². The first-order chi connectivity index (χ1) is 7.99. The lowest BCUT2D eigenvalue weighted by atomic mass is 10.0. The molecule has 2 rings (SSSR count). The number of phenols is 1. The molecule has 0 saturated heterocycles. The van der Waals surface area contributed by atoms with Crippen LogP contribution >= 0.6 is 0 Å². The second kappa shape index (κ2) is 4.22. The zero-order chi connectivity index (χ0) is 12.6. The molecule has 1 heterocycles. The van der Waals surface area contributed by atoms with Crippen molar-refractivity contribution < 1.29 is 5.11 Å². The van der Waals surface area contributed by atoms with Crippen molar-refractivity contribution >= 4 is 10.9 Å². The van der Waals surface area contributed by atoms with Gasteiger partial charge in [-0.1, -0.05) is 0 Å². The van der Waals surface area contributed by atoms with E-state index in [9.17, 15) is 9.90 Å². The molecule has 0 aliphatic rings. The van der Waals surface area contributed by atoms with Gasteiger partial charge in [0.2, 0.25) is 5.56 Å². The van der Waals surface area contributed by atoms with Crippen LogP contribution in [0.4, 0.5) is 0 Å². The van der Waals surface area contributed by atoms with Gasteiger partial charge in [0.25, 0.3) is 0 Å². The largest absolute Gasteiger partial charge is 0.507 e. The lowest BCUT2D eigenvalue weighted by molar-refractivity contribution is 0.387. The first-order valence-electron chi connectivity index (χ1n) is 5.48. The summed E-state index contributed by atoms with van der Waals surface area (Å²) in [7, 11) is 3.90. The van der Waals surface area contributed by atoms with Gasteiger partial charge in [0.05, 0.1) is 5.52 Å². The van der Waals surface area contributed by atoms with Crippen LogP contribution in [-0.4, -0.2) is 29.1 Å². The van der Waals surface area contributed by atoms with Crippen molar-refractivity contribution in [3.8, 4) is 5.75 Å². The second-order valence-electron chi connectivity index (χ2n) is 4.55. The van der Waals surface area contributed by atoms with Gasteiger partial charge < -0.3 is 15.0 Å². The number of H-pyrrole nitrogens is 1. The third-order valence-electron chi connectivity index (χ3n) is 2.75. The number of phenolic OH excluding ortho intramolecular Hbond substituents is 1. The maximum absolute atomic E-state index is 11.3. The van der Waals surface area contributed by atoms with Gasteiger partial charge in [-0.25, -0.2) is 0 Å². The summed E-state index contributed by atoms with van der Waals surface area (Å²) in [5.41, 5.74) is 2.39. The third-order valence-corrected chi connectivity index (χ3v) is 2.75. The fraction of sp³-hybridized carbons (Fsp3) is 0.308. The normalized spacial score (nSPS) is 11.3. The number of aromatic hydroxyl groups is 1. The number of pyridine rings is 1.